The zero-order chi connectivity index (χ0) is 12.3. The van der Waals surface area contributed by atoms with Gasteiger partial charge in [-0.3, -0.25) is 10.1 Å². The average molecular weight is 248 g/mol. The Balaban J connectivity index is 2.26. The first-order valence-electron chi connectivity index (χ1n) is 5.12. The van der Waals surface area contributed by atoms with Crippen LogP contribution in [0.15, 0.2) is 54.6 Å². The Morgan fingerprint density at radius 3 is 2.00 bits per heavy atom. The Morgan fingerprint density at radius 1 is 0.941 bits per heavy atom. The van der Waals surface area contributed by atoms with Crippen molar-refractivity contribution in [1.82, 2.24) is 0 Å². The molecule has 0 aliphatic heterocycles. The lowest BCUT2D eigenvalue weighted by molar-refractivity contribution is -0.384. The van der Waals surface area contributed by atoms with E-state index >= 15 is 0 Å². The van der Waals surface area contributed by atoms with E-state index in [0.29, 0.717) is 0 Å². The standard InChI is InChI=1S/C13H10ClNO2/c14-13(10-4-2-1-3-5-10)11-6-8-12(9-7-11)15(16)17/h1-9,13H/t13-/m0/s1. The molecule has 0 amide bonds. The molecule has 86 valence electrons. The lowest BCUT2D eigenvalue weighted by Crippen LogP contribution is -1.94. The van der Waals surface area contributed by atoms with Crippen molar-refractivity contribution in [3.8, 4) is 0 Å². The van der Waals surface area contributed by atoms with Crippen molar-refractivity contribution in [2.45, 2.75) is 5.38 Å². The van der Waals surface area contributed by atoms with Crippen molar-refractivity contribution >= 4 is 17.3 Å². The van der Waals surface area contributed by atoms with Gasteiger partial charge in [0.15, 0.2) is 0 Å². The van der Waals surface area contributed by atoms with Crippen LogP contribution in [-0.2, 0) is 0 Å². The Bertz CT molecular complexity index is 511. The smallest absolute Gasteiger partial charge is 0.258 e. The number of benzene rings is 2. The van der Waals surface area contributed by atoms with Gasteiger partial charge in [-0.15, -0.1) is 11.6 Å². The van der Waals surface area contributed by atoms with Crippen LogP contribution in [0.1, 0.15) is 16.5 Å². The molecule has 0 saturated heterocycles. The Morgan fingerprint density at radius 2 is 1.47 bits per heavy atom. The van der Waals surface area contributed by atoms with Crippen LogP contribution in [-0.4, -0.2) is 4.92 Å². The number of hydrogen-bond acceptors (Lipinski definition) is 2. The summed E-state index contributed by atoms with van der Waals surface area (Å²) in [5.74, 6) is 0. The molecule has 2 aromatic carbocycles. The summed E-state index contributed by atoms with van der Waals surface area (Å²) in [5, 5.41) is 10.2. The summed E-state index contributed by atoms with van der Waals surface area (Å²) >= 11 is 6.29. The van der Waals surface area contributed by atoms with Gasteiger partial charge in [-0.2, -0.15) is 0 Å². The van der Waals surface area contributed by atoms with E-state index in [2.05, 4.69) is 0 Å². The lowest BCUT2D eigenvalue weighted by atomic mass is 10.0. The topological polar surface area (TPSA) is 43.1 Å². The van der Waals surface area contributed by atoms with E-state index in [9.17, 15) is 10.1 Å². The zero-order valence-electron chi connectivity index (χ0n) is 8.92. The molecule has 2 aromatic rings. The fourth-order valence-corrected chi connectivity index (χ4v) is 1.87. The Kier molecular flexibility index (Phi) is 3.40. The van der Waals surface area contributed by atoms with Crippen molar-refractivity contribution in [3.63, 3.8) is 0 Å². The largest absolute Gasteiger partial charge is 0.269 e. The summed E-state index contributed by atoms with van der Waals surface area (Å²) in [4.78, 5) is 10.1. The number of non-ortho nitro benzene ring substituents is 1. The number of nitro benzene ring substituents is 1. The van der Waals surface area contributed by atoms with Gasteiger partial charge in [0.1, 0.15) is 0 Å². The molecule has 0 saturated carbocycles. The maximum absolute atomic E-state index is 10.5. The normalized spacial score (nSPS) is 12.1. The van der Waals surface area contributed by atoms with Crippen LogP contribution in [0.5, 0.6) is 0 Å². The van der Waals surface area contributed by atoms with Gasteiger partial charge in [-0.05, 0) is 11.1 Å². The molecule has 4 heteroatoms. The van der Waals surface area contributed by atoms with Crippen LogP contribution in [0.3, 0.4) is 0 Å². The second-order valence-electron chi connectivity index (χ2n) is 3.62. The number of nitro groups is 1. The van der Waals surface area contributed by atoms with E-state index in [1.54, 1.807) is 12.1 Å². The monoisotopic (exact) mass is 247 g/mol. The predicted octanol–water partition coefficient (Wildman–Crippen LogP) is 3.92. The number of rotatable bonds is 3. The third-order valence-electron chi connectivity index (χ3n) is 2.49. The van der Waals surface area contributed by atoms with E-state index < -0.39 is 4.92 Å². The van der Waals surface area contributed by atoms with Crippen molar-refractivity contribution in [1.29, 1.82) is 0 Å². The van der Waals surface area contributed by atoms with Crippen LogP contribution in [0.25, 0.3) is 0 Å². The molecule has 0 radical (unpaired) electrons. The molecule has 0 aliphatic rings. The second-order valence-corrected chi connectivity index (χ2v) is 4.06. The summed E-state index contributed by atoms with van der Waals surface area (Å²) < 4.78 is 0. The molecule has 3 nitrogen and oxygen atoms in total. The highest BCUT2D eigenvalue weighted by atomic mass is 35.5. The van der Waals surface area contributed by atoms with Gasteiger partial charge >= 0.3 is 0 Å². The van der Waals surface area contributed by atoms with Crippen molar-refractivity contribution in [2.75, 3.05) is 0 Å². The maximum atomic E-state index is 10.5. The molecule has 0 unspecified atom stereocenters. The second kappa shape index (κ2) is 4.97. The summed E-state index contributed by atoms with van der Waals surface area (Å²) in [6.07, 6.45) is 0. The molecule has 0 N–H and O–H groups in total. The van der Waals surface area contributed by atoms with Crippen molar-refractivity contribution in [2.24, 2.45) is 0 Å². The number of hydrogen-bond donors (Lipinski definition) is 0. The fraction of sp³-hybridized carbons (Fsp3) is 0.0769. The molecule has 1 atom stereocenters. The quantitative estimate of drug-likeness (QED) is 0.469. The highest BCUT2D eigenvalue weighted by molar-refractivity contribution is 6.22. The van der Waals surface area contributed by atoms with Crippen LogP contribution < -0.4 is 0 Å². The summed E-state index contributed by atoms with van der Waals surface area (Å²) in [6, 6.07) is 15.9. The molecule has 17 heavy (non-hydrogen) atoms. The van der Waals surface area contributed by atoms with Gasteiger partial charge in [0, 0.05) is 12.1 Å². The van der Waals surface area contributed by atoms with Crippen molar-refractivity contribution < 1.29 is 4.92 Å². The van der Waals surface area contributed by atoms with Gasteiger partial charge in [-0.25, -0.2) is 0 Å². The first-order chi connectivity index (χ1) is 8.18. The maximum Gasteiger partial charge on any atom is 0.269 e. The molecule has 0 spiro atoms. The minimum Gasteiger partial charge on any atom is -0.258 e. The molecule has 0 fully saturated rings. The van der Waals surface area contributed by atoms with Gasteiger partial charge in [0.05, 0.1) is 10.3 Å². The van der Waals surface area contributed by atoms with Crippen LogP contribution in [0.4, 0.5) is 5.69 Å². The Labute approximate surface area is 104 Å². The third-order valence-corrected chi connectivity index (χ3v) is 2.99. The van der Waals surface area contributed by atoms with E-state index in [-0.39, 0.29) is 11.1 Å². The fourth-order valence-electron chi connectivity index (χ4n) is 1.58. The summed E-state index contributed by atoms with van der Waals surface area (Å²) in [5.41, 5.74) is 1.90. The first kappa shape index (κ1) is 11.6. The molecular formula is C13H10ClNO2. The van der Waals surface area contributed by atoms with E-state index in [4.69, 9.17) is 11.6 Å². The van der Waals surface area contributed by atoms with Crippen LogP contribution >= 0.6 is 11.6 Å². The predicted molar refractivity (Wildman–Crippen MR) is 67.2 cm³/mol. The molecule has 0 aliphatic carbocycles. The van der Waals surface area contributed by atoms with Crippen LogP contribution in [0, 0.1) is 10.1 Å². The molecule has 0 heterocycles. The minimum atomic E-state index is -0.421. The van der Waals surface area contributed by atoms with E-state index in [1.807, 2.05) is 30.3 Å². The minimum absolute atomic E-state index is 0.0747. The van der Waals surface area contributed by atoms with Gasteiger partial charge in [0.25, 0.3) is 5.69 Å². The summed E-state index contributed by atoms with van der Waals surface area (Å²) in [6.45, 7) is 0. The van der Waals surface area contributed by atoms with Gasteiger partial charge in [-0.1, -0.05) is 42.5 Å². The molecule has 2 rings (SSSR count). The highest BCUT2D eigenvalue weighted by Crippen LogP contribution is 2.29. The molecular weight excluding hydrogens is 238 g/mol. The number of nitrogens with zero attached hydrogens (tertiary/aromatic N) is 1. The van der Waals surface area contributed by atoms with Gasteiger partial charge < -0.3 is 0 Å². The molecule has 0 bridgehead atoms. The highest BCUT2D eigenvalue weighted by Gasteiger charge is 2.12. The number of alkyl halides is 1. The number of halogens is 1. The third kappa shape index (κ3) is 2.63. The van der Waals surface area contributed by atoms with Crippen molar-refractivity contribution in [3.05, 3.63) is 75.8 Å². The summed E-state index contributed by atoms with van der Waals surface area (Å²) in [7, 11) is 0. The van der Waals surface area contributed by atoms with E-state index in [1.165, 1.54) is 12.1 Å². The zero-order valence-corrected chi connectivity index (χ0v) is 9.67. The molecule has 0 aromatic heterocycles. The van der Waals surface area contributed by atoms with Gasteiger partial charge in [0.2, 0.25) is 0 Å². The first-order valence-corrected chi connectivity index (χ1v) is 5.55. The Hall–Kier alpha value is -1.87. The average Bonchev–Trinajstić information content (AvgIpc) is 2.39. The van der Waals surface area contributed by atoms with Crippen LogP contribution in [0.2, 0.25) is 0 Å². The lowest BCUT2D eigenvalue weighted by Gasteiger charge is -2.09. The SMILES string of the molecule is O=[N+]([O-])c1ccc([C@@H](Cl)c2ccccc2)cc1. The van der Waals surface area contributed by atoms with E-state index in [0.717, 1.165) is 11.1 Å².